The summed E-state index contributed by atoms with van der Waals surface area (Å²) in [6, 6.07) is 5.56. The van der Waals surface area contributed by atoms with E-state index in [0.717, 1.165) is 0 Å². The van der Waals surface area contributed by atoms with E-state index in [9.17, 15) is 13.6 Å². The minimum absolute atomic E-state index is 0.0164. The van der Waals surface area contributed by atoms with Gasteiger partial charge in [0, 0.05) is 25.1 Å². The number of benzene rings is 1. The Hall–Kier alpha value is -1.76. The summed E-state index contributed by atoms with van der Waals surface area (Å²) in [6.07, 6.45) is 0.446. The molecule has 0 unspecified atom stereocenters. The summed E-state index contributed by atoms with van der Waals surface area (Å²) >= 11 is 4.77. The molecule has 0 aliphatic carbocycles. The molecule has 1 aromatic rings. The topological polar surface area (TPSA) is 55.6 Å². The van der Waals surface area contributed by atoms with E-state index < -0.39 is 6.61 Å². The number of halogens is 2. The van der Waals surface area contributed by atoms with Crippen molar-refractivity contribution < 1.29 is 18.3 Å². The van der Waals surface area contributed by atoms with E-state index in [4.69, 9.17) is 18.0 Å². The molecule has 0 aliphatic heterocycles. The van der Waals surface area contributed by atoms with Gasteiger partial charge in [0.15, 0.2) is 0 Å². The maximum Gasteiger partial charge on any atom is 0.387 e. The minimum Gasteiger partial charge on any atom is -0.435 e. The van der Waals surface area contributed by atoms with Gasteiger partial charge in [0.2, 0.25) is 0 Å². The van der Waals surface area contributed by atoms with Crippen molar-refractivity contribution in [3.63, 3.8) is 0 Å². The summed E-state index contributed by atoms with van der Waals surface area (Å²) in [5, 5.41) is 0. The molecule has 0 saturated carbocycles. The van der Waals surface area contributed by atoms with Crippen molar-refractivity contribution in [3.8, 4) is 5.75 Å². The van der Waals surface area contributed by atoms with Crippen molar-refractivity contribution in [3.05, 3.63) is 29.8 Å². The van der Waals surface area contributed by atoms with Gasteiger partial charge in [0.05, 0.1) is 4.99 Å². The highest BCUT2D eigenvalue weighted by Gasteiger charge is 2.14. The van der Waals surface area contributed by atoms with E-state index in [1.165, 1.54) is 24.3 Å². The molecule has 0 saturated heterocycles. The van der Waals surface area contributed by atoms with Crippen molar-refractivity contribution in [2.45, 2.75) is 20.0 Å². The molecule has 0 heterocycles. The molecular weight excluding hydrogens is 286 g/mol. The summed E-state index contributed by atoms with van der Waals surface area (Å²) in [4.78, 5) is 14.1. The van der Waals surface area contributed by atoms with Gasteiger partial charge in [0.25, 0.3) is 5.91 Å². The molecule has 2 N–H and O–H groups in total. The van der Waals surface area contributed by atoms with Gasteiger partial charge in [-0.25, -0.2) is 0 Å². The Bertz CT molecular complexity index is 466. The standard InChI is InChI=1S/C13H16F2N2O2S/c1-2-17(8-7-11(16)20)12(18)9-3-5-10(6-4-9)19-13(14)15/h3-6,13H,2,7-8H2,1H3,(H2,16,20). The fourth-order valence-electron chi connectivity index (χ4n) is 1.61. The lowest BCUT2D eigenvalue weighted by molar-refractivity contribution is -0.0498. The van der Waals surface area contributed by atoms with Gasteiger partial charge in [-0.1, -0.05) is 12.2 Å². The molecule has 0 spiro atoms. The lowest BCUT2D eigenvalue weighted by atomic mass is 10.2. The number of ether oxygens (including phenoxy) is 1. The van der Waals surface area contributed by atoms with Crippen LogP contribution >= 0.6 is 12.2 Å². The number of amides is 1. The van der Waals surface area contributed by atoms with Gasteiger partial charge >= 0.3 is 6.61 Å². The zero-order valence-corrected chi connectivity index (χ0v) is 11.8. The molecule has 1 aromatic carbocycles. The van der Waals surface area contributed by atoms with Gasteiger partial charge in [-0.05, 0) is 31.2 Å². The number of carbonyl (C=O) groups excluding carboxylic acids is 1. The van der Waals surface area contributed by atoms with Crippen LogP contribution in [0.3, 0.4) is 0 Å². The zero-order valence-electron chi connectivity index (χ0n) is 11.0. The monoisotopic (exact) mass is 302 g/mol. The normalized spacial score (nSPS) is 10.4. The van der Waals surface area contributed by atoms with E-state index in [-0.39, 0.29) is 11.7 Å². The molecule has 0 aromatic heterocycles. The lowest BCUT2D eigenvalue weighted by Crippen LogP contribution is -2.33. The van der Waals surface area contributed by atoms with Crippen molar-refractivity contribution in [2.24, 2.45) is 5.73 Å². The first-order chi connectivity index (χ1) is 9.43. The summed E-state index contributed by atoms with van der Waals surface area (Å²) < 4.78 is 28.3. The molecule has 1 amide bonds. The summed E-state index contributed by atoms with van der Waals surface area (Å²) in [5.41, 5.74) is 5.81. The quantitative estimate of drug-likeness (QED) is 0.786. The number of hydrogen-bond acceptors (Lipinski definition) is 3. The lowest BCUT2D eigenvalue weighted by Gasteiger charge is -2.20. The maximum absolute atomic E-state index is 12.2. The largest absolute Gasteiger partial charge is 0.435 e. The third-order valence-corrected chi connectivity index (χ3v) is 2.83. The Labute approximate surface area is 121 Å². The molecule has 110 valence electrons. The van der Waals surface area contributed by atoms with Gasteiger partial charge in [-0.2, -0.15) is 8.78 Å². The zero-order chi connectivity index (χ0) is 15.1. The first-order valence-electron chi connectivity index (χ1n) is 6.06. The molecule has 0 bridgehead atoms. The van der Waals surface area contributed by atoms with Crippen LogP contribution in [0.15, 0.2) is 24.3 Å². The SMILES string of the molecule is CCN(CCC(N)=S)C(=O)c1ccc(OC(F)F)cc1. The number of alkyl halides is 2. The highest BCUT2D eigenvalue weighted by atomic mass is 32.1. The summed E-state index contributed by atoms with van der Waals surface area (Å²) in [7, 11) is 0. The highest BCUT2D eigenvalue weighted by molar-refractivity contribution is 7.80. The number of carbonyl (C=O) groups is 1. The molecule has 4 nitrogen and oxygen atoms in total. The first-order valence-corrected chi connectivity index (χ1v) is 6.47. The molecule has 1 rings (SSSR count). The fourth-order valence-corrected chi connectivity index (χ4v) is 1.70. The van der Waals surface area contributed by atoms with E-state index >= 15 is 0 Å². The van der Waals surface area contributed by atoms with Gasteiger partial charge in [0.1, 0.15) is 5.75 Å². The highest BCUT2D eigenvalue weighted by Crippen LogP contribution is 2.16. The van der Waals surface area contributed by atoms with Crippen molar-refractivity contribution >= 4 is 23.1 Å². The van der Waals surface area contributed by atoms with E-state index in [1.54, 1.807) is 4.90 Å². The van der Waals surface area contributed by atoms with Crippen molar-refractivity contribution in [2.75, 3.05) is 13.1 Å². The average Bonchev–Trinajstić information content (AvgIpc) is 2.39. The molecule has 20 heavy (non-hydrogen) atoms. The number of thiocarbonyl (C=S) groups is 1. The second-order valence-corrected chi connectivity index (χ2v) is 4.53. The molecule has 7 heteroatoms. The van der Waals surface area contributed by atoms with Crippen LogP contribution in [-0.4, -0.2) is 35.5 Å². The maximum atomic E-state index is 12.2. The van der Waals surface area contributed by atoms with Gasteiger partial charge in [-0.15, -0.1) is 0 Å². The van der Waals surface area contributed by atoms with E-state index in [1.807, 2.05) is 6.92 Å². The van der Waals surface area contributed by atoms with Crippen LogP contribution in [0.2, 0.25) is 0 Å². The predicted octanol–water partition coefficient (Wildman–Crippen LogP) is 2.43. The minimum atomic E-state index is -2.88. The number of nitrogens with zero attached hydrogens (tertiary/aromatic N) is 1. The Balaban J connectivity index is 2.72. The molecular formula is C13H16F2N2O2S. The van der Waals surface area contributed by atoms with E-state index in [0.29, 0.717) is 30.1 Å². The van der Waals surface area contributed by atoms with Crippen molar-refractivity contribution in [1.82, 2.24) is 4.90 Å². The third kappa shape index (κ3) is 5.08. The van der Waals surface area contributed by atoms with Crippen LogP contribution in [0.25, 0.3) is 0 Å². The van der Waals surface area contributed by atoms with E-state index in [2.05, 4.69) is 4.74 Å². The number of rotatable bonds is 7. The number of hydrogen-bond donors (Lipinski definition) is 1. The van der Waals surface area contributed by atoms with Crippen molar-refractivity contribution in [1.29, 1.82) is 0 Å². The fraction of sp³-hybridized carbons (Fsp3) is 0.385. The molecule has 0 atom stereocenters. The van der Waals surface area contributed by atoms with Crippen LogP contribution in [0.5, 0.6) is 5.75 Å². The van der Waals surface area contributed by atoms with Gasteiger partial charge < -0.3 is 15.4 Å². The Kier molecular flexibility index (Phi) is 6.30. The van der Waals surface area contributed by atoms with Crippen LogP contribution in [0, 0.1) is 0 Å². The summed E-state index contributed by atoms with van der Waals surface area (Å²) in [6.45, 7) is -0.100. The van der Waals surface area contributed by atoms with Crippen LogP contribution in [-0.2, 0) is 0 Å². The number of nitrogens with two attached hydrogens (primary N) is 1. The summed E-state index contributed by atoms with van der Waals surface area (Å²) in [5.74, 6) is -0.185. The van der Waals surface area contributed by atoms with Gasteiger partial charge in [-0.3, -0.25) is 4.79 Å². The molecule has 0 radical (unpaired) electrons. The van der Waals surface area contributed by atoms with Crippen LogP contribution < -0.4 is 10.5 Å². The Morgan fingerprint density at radius 2 is 2.00 bits per heavy atom. The Morgan fingerprint density at radius 3 is 2.45 bits per heavy atom. The average molecular weight is 302 g/mol. The first kappa shape index (κ1) is 16.3. The van der Waals surface area contributed by atoms with Crippen LogP contribution in [0.4, 0.5) is 8.78 Å². The molecule has 0 fully saturated rings. The van der Waals surface area contributed by atoms with Crippen LogP contribution in [0.1, 0.15) is 23.7 Å². The smallest absolute Gasteiger partial charge is 0.387 e. The third-order valence-electron chi connectivity index (χ3n) is 2.62. The second kappa shape index (κ2) is 7.74. The second-order valence-electron chi connectivity index (χ2n) is 4.00. The predicted molar refractivity (Wildman–Crippen MR) is 76.1 cm³/mol. The molecule has 0 aliphatic rings. The Morgan fingerprint density at radius 1 is 1.40 bits per heavy atom.